The minimum absolute atomic E-state index is 0.0425. The standard InChI is InChI=1S/C34H54N2O5/c1-7-9-14-25(15-12-10-11-13-19-35(5)6)29(37)23-36-22-27(26-16-17-30-31(20-26)41-24-40-30)32(33(38)39)28(36)21-34(3,4)18-8-2/h8,16-18,20,25,27-28,32H,7,9-15,19,21-24H2,1-6H3,(H,38,39)/b18-8+/t25?,27-,28+,32-/m1/s1. The molecule has 0 bridgehead atoms. The molecule has 2 heterocycles. The van der Waals surface area contributed by atoms with Crippen LogP contribution in [-0.4, -0.2) is 73.2 Å². The van der Waals surface area contributed by atoms with Gasteiger partial charge in [-0.3, -0.25) is 14.5 Å². The molecule has 41 heavy (non-hydrogen) atoms. The van der Waals surface area contributed by atoms with Gasteiger partial charge in [-0.15, -0.1) is 0 Å². The number of hydrogen-bond donors (Lipinski definition) is 1. The van der Waals surface area contributed by atoms with Crippen molar-refractivity contribution in [2.24, 2.45) is 17.3 Å². The Morgan fingerprint density at radius 1 is 1.10 bits per heavy atom. The topological polar surface area (TPSA) is 79.3 Å². The van der Waals surface area contributed by atoms with Crippen molar-refractivity contribution >= 4 is 11.8 Å². The predicted molar refractivity (Wildman–Crippen MR) is 165 cm³/mol. The summed E-state index contributed by atoms with van der Waals surface area (Å²) in [6.07, 6.45) is 13.4. The van der Waals surface area contributed by atoms with Crippen LogP contribution in [0.2, 0.25) is 0 Å². The number of nitrogens with zero attached hydrogens (tertiary/aromatic N) is 2. The quantitative estimate of drug-likeness (QED) is 0.154. The van der Waals surface area contributed by atoms with Crippen LogP contribution in [0, 0.1) is 17.3 Å². The van der Waals surface area contributed by atoms with Crippen LogP contribution in [0.4, 0.5) is 0 Å². The third-order valence-electron chi connectivity index (χ3n) is 8.84. The molecule has 2 aliphatic heterocycles. The number of Topliss-reactive ketones (excluding diaryl/α,β-unsaturated/α-hetero) is 1. The Morgan fingerprint density at radius 3 is 2.49 bits per heavy atom. The molecule has 1 saturated heterocycles. The number of fused-ring (bicyclic) bond motifs is 1. The van der Waals surface area contributed by atoms with E-state index in [9.17, 15) is 14.7 Å². The summed E-state index contributed by atoms with van der Waals surface area (Å²) in [5.74, 6) is 0.0284. The summed E-state index contributed by atoms with van der Waals surface area (Å²) in [7, 11) is 4.22. The monoisotopic (exact) mass is 570 g/mol. The molecule has 0 spiro atoms. The fourth-order valence-corrected chi connectivity index (χ4v) is 6.70. The third kappa shape index (κ3) is 9.57. The molecule has 4 atom stereocenters. The Bertz CT molecular complexity index is 1020. The zero-order valence-corrected chi connectivity index (χ0v) is 26.4. The summed E-state index contributed by atoms with van der Waals surface area (Å²) in [6, 6.07) is 5.54. The number of carbonyl (C=O) groups is 2. The van der Waals surface area contributed by atoms with Crippen molar-refractivity contribution in [1.82, 2.24) is 9.80 Å². The van der Waals surface area contributed by atoms with Crippen molar-refractivity contribution in [3.63, 3.8) is 0 Å². The molecule has 0 radical (unpaired) electrons. The molecular weight excluding hydrogens is 516 g/mol. The van der Waals surface area contributed by atoms with Gasteiger partial charge in [-0.2, -0.15) is 0 Å². The Morgan fingerprint density at radius 2 is 1.80 bits per heavy atom. The molecule has 230 valence electrons. The summed E-state index contributed by atoms with van der Waals surface area (Å²) < 4.78 is 11.1. The van der Waals surface area contributed by atoms with E-state index < -0.39 is 11.9 Å². The van der Waals surface area contributed by atoms with Crippen LogP contribution in [-0.2, 0) is 9.59 Å². The number of likely N-dealkylation sites (tertiary alicyclic amines) is 1. The van der Waals surface area contributed by atoms with Gasteiger partial charge >= 0.3 is 5.97 Å². The third-order valence-corrected chi connectivity index (χ3v) is 8.84. The molecule has 2 aliphatic rings. The first-order valence-electron chi connectivity index (χ1n) is 15.7. The van der Waals surface area contributed by atoms with Crippen LogP contribution in [0.5, 0.6) is 11.5 Å². The van der Waals surface area contributed by atoms with E-state index >= 15 is 0 Å². The van der Waals surface area contributed by atoms with Gasteiger partial charge in [0.2, 0.25) is 6.79 Å². The van der Waals surface area contributed by atoms with Gasteiger partial charge < -0.3 is 19.5 Å². The van der Waals surface area contributed by atoms with E-state index in [1.807, 2.05) is 31.2 Å². The molecule has 1 aromatic carbocycles. The van der Waals surface area contributed by atoms with Crippen LogP contribution in [0.1, 0.15) is 97.0 Å². The Labute approximate surface area is 248 Å². The Hall–Kier alpha value is -2.38. The van der Waals surface area contributed by atoms with E-state index in [2.05, 4.69) is 50.7 Å². The summed E-state index contributed by atoms with van der Waals surface area (Å²) in [5, 5.41) is 10.5. The van der Waals surface area contributed by atoms with Gasteiger partial charge in [-0.25, -0.2) is 0 Å². The van der Waals surface area contributed by atoms with E-state index in [1.54, 1.807) is 0 Å². The number of allylic oxidation sites excluding steroid dienone is 2. The zero-order valence-electron chi connectivity index (χ0n) is 26.4. The van der Waals surface area contributed by atoms with Crippen molar-refractivity contribution in [3.8, 4) is 11.5 Å². The first-order valence-corrected chi connectivity index (χ1v) is 15.7. The van der Waals surface area contributed by atoms with E-state index in [4.69, 9.17) is 9.47 Å². The number of hydrogen-bond acceptors (Lipinski definition) is 6. The lowest BCUT2D eigenvalue weighted by Gasteiger charge is -2.33. The molecular formula is C34H54N2O5. The second kappa shape index (κ2) is 15.7. The molecule has 1 aromatic rings. The predicted octanol–water partition coefficient (Wildman–Crippen LogP) is 6.76. The van der Waals surface area contributed by atoms with Gasteiger partial charge in [0.25, 0.3) is 0 Å². The largest absolute Gasteiger partial charge is 0.481 e. The average Bonchev–Trinajstić information content (AvgIpc) is 3.51. The number of carbonyl (C=O) groups excluding carboxylic acids is 1. The molecule has 1 N–H and O–H groups in total. The van der Waals surface area contributed by atoms with Gasteiger partial charge in [-0.1, -0.05) is 71.1 Å². The number of ether oxygens (including phenoxy) is 2. The highest BCUT2D eigenvalue weighted by Crippen LogP contribution is 2.45. The summed E-state index contributed by atoms with van der Waals surface area (Å²) in [4.78, 5) is 31.2. The fourth-order valence-electron chi connectivity index (χ4n) is 6.70. The van der Waals surface area contributed by atoms with E-state index in [0.717, 1.165) is 50.6 Å². The molecule has 7 heteroatoms. The summed E-state index contributed by atoms with van der Waals surface area (Å²) in [6.45, 7) is 10.6. The van der Waals surface area contributed by atoms with Gasteiger partial charge in [0, 0.05) is 24.4 Å². The van der Waals surface area contributed by atoms with Crippen LogP contribution in [0.25, 0.3) is 0 Å². The molecule has 7 nitrogen and oxygen atoms in total. The molecule has 0 aliphatic carbocycles. The second-order valence-electron chi connectivity index (χ2n) is 13.1. The maximum absolute atomic E-state index is 13.9. The highest BCUT2D eigenvalue weighted by atomic mass is 16.7. The highest BCUT2D eigenvalue weighted by Gasteiger charge is 2.48. The second-order valence-corrected chi connectivity index (χ2v) is 13.1. The average molecular weight is 571 g/mol. The van der Waals surface area contributed by atoms with Crippen molar-refractivity contribution in [1.29, 1.82) is 0 Å². The van der Waals surface area contributed by atoms with Gasteiger partial charge in [0.1, 0.15) is 5.78 Å². The van der Waals surface area contributed by atoms with Gasteiger partial charge in [-0.05, 0) is 76.4 Å². The van der Waals surface area contributed by atoms with Crippen LogP contribution in [0.15, 0.2) is 30.4 Å². The molecule has 1 unspecified atom stereocenters. The first kappa shape index (κ1) is 33.1. The minimum Gasteiger partial charge on any atom is -0.481 e. The van der Waals surface area contributed by atoms with Crippen molar-refractivity contribution in [3.05, 3.63) is 35.9 Å². The van der Waals surface area contributed by atoms with Gasteiger partial charge in [0.15, 0.2) is 11.5 Å². The van der Waals surface area contributed by atoms with Crippen molar-refractivity contribution in [2.45, 2.75) is 97.4 Å². The molecule has 0 amide bonds. The zero-order chi connectivity index (χ0) is 30.0. The maximum Gasteiger partial charge on any atom is 0.308 e. The number of carboxylic acid groups (broad SMARTS) is 1. The van der Waals surface area contributed by atoms with Crippen LogP contribution >= 0.6 is 0 Å². The normalized spacial score (nSPS) is 21.7. The molecule has 0 aromatic heterocycles. The lowest BCUT2D eigenvalue weighted by atomic mass is 9.77. The van der Waals surface area contributed by atoms with E-state index in [1.165, 1.54) is 12.8 Å². The number of carboxylic acids is 1. The minimum atomic E-state index is -0.802. The number of rotatable bonds is 18. The lowest BCUT2D eigenvalue weighted by Crippen LogP contribution is -2.42. The lowest BCUT2D eigenvalue weighted by molar-refractivity contribution is -0.143. The number of unbranched alkanes of at least 4 members (excludes halogenated alkanes) is 4. The van der Waals surface area contributed by atoms with Crippen LogP contribution in [0.3, 0.4) is 0 Å². The van der Waals surface area contributed by atoms with Gasteiger partial charge in [0.05, 0.1) is 12.5 Å². The smallest absolute Gasteiger partial charge is 0.308 e. The number of ketones is 1. The number of benzene rings is 1. The van der Waals surface area contributed by atoms with E-state index in [-0.39, 0.29) is 35.9 Å². The summed E-state index contributed by atoms with van der Waals surface area (Å²) in [5.41, 5.74) is 0.748. The fraction of sp³-hybridized carbons (Fsp3) is 0.706. The van der Waals surface area contributed by atoms with E-state index in [0.29, 0.717) is 31.0 Å². The number of aliphatic carboxylic acids is 1. The summed E-state index contributed by atoms with van der Waals surface area (Å²) >= 11 is 0. The Kier molecular flexibility index (Phi) is 12.7. The van der Waals surface area contributed by atoms with Crippen molar-refractivity contribution < 1.29 is 24.2 Å². The first-order chi connectivity index (χ1) is 19.6. The molecule has 3 rings (SSSR count). The Balaban J connectivity index is 1.80. The highest BCUT2D eigenvalue weighted by molar-refractivity contribution is 5.83. The van der Waals surface area contributed by atoms with Crippen molar-refractivity contribution in [2.75, 3.05) is 40.5 Å². The SMILES string of the molecule is C/C=C/C(C)(C)C[C@H]1[C@H](C(=O)O)[C@@H](c2ccc3c(c2)OCO3)CN1CC(=O)C(CCCC)CCCCCCN(C)C. The molecule has 0 saturated carbocycles. The molecule has 1 fully saturated rings. The maximum atomic E-state index is 13.9. The van der Waals surface area contributed by atoms with Crippen LogP contribution < -0.4 is 9.47 Å².